The van der Waals surface area contributed by atoms with Crippen molar-refractivity contribution in [3.63, 3.8) is 0 Å². The molecule has 1 fully saturated rings. The minimum absolute atomic E-state index is 0.0404. The second-order valence-corrected chi connectivity index (χ2v) is 8.00. The molecule has 0 spiro atoms. The van der Waals surface area contributed by atoms with Crippen LogP contribution in [-0.2, 0) is 16.4 Å². The first-order chi connectivity index (χ1) is 8.94. The number of ether oxygens (including phenoxy) is 1. The summed E-state index contributed by atoms with van der Waals surface area (Å²) in [7, 11) is -2.97. The first-order valence-electron chi connectivity index (χ1n) is 6.26. The molecular weight excluding hydrogens is 330 g/mol. The van der Waals surface area contributed by atoms with Crippen LogP contribution in [-0.4, -0.2) is 33.1 Å². The Balaban J connectivity index is 1.91. The van der Waals surface area contributed by atoms with Crippen LogP contribution < -0.4 is 10.1 Å². The number of hydrogen-bond acceptors (Lipinski definition) is 4. The van der Waals surface area contributed by atoms with Gasteiger partial charge in [-0.05, 0) is 36.6 Å². The Labute approximate surface area is 122 Å². The first kappa shape index (κ1) is 14.8. The molecule has 0 saturated heterocycles. The highest BCUT2D eigenvalue weighted by Gasteiger charge is 2.20. The lowest BCUT2D eigenvalue weighted by Gasteiger charge is -2.10. The van der Waals surface area contributed by atoms with E-state index in [9.17, 15) is 8.42 Å². The maximum Gasteiger partial charge on any atom is 0.150 e. The molecule has 0 radical (unpaired) electrons. The minimum Gasteiger partial charge on any atom is -0.493 e. The quantitative estimate of drug-likeness (QED) is 0.820. The van der Waals surface area contributed by atoms with E-state index in [-0.39, 0.29) is 12.4 Å². The third kappa shape index (κ3) is 5.50. The van der Waals surface area contributed by atoms with Crippen LogP contribution in [0.5, 0.6) is 5.75 Å². The monoisotopic (exact) mass is 347 g/mol. The molecule has 0 unspecified atom stereocenters. The van der Waals surface area contributed by atoms with E-state index in [4.69, 9.17) is 4.74 Å². The maximum absolute atomic E-state index is 11.0. The van der Waals surface area contributed by atoms with Gasteiger partial charge in [-0.1, -0.05) is 15.9 Å². The van der Waals surface area contributed by atoms with Crippen molar-refractivity contribution >= 4 is 25.8 Å². The molecule has 1 aromatic carbocycles. The van der Waals surface area contributed by atoms with Gasteiger partial charge in [-0.3, -0.25) is 0 Å². The molecule has 0 bridgehead atoms. The van der Waals surface area contributed by atoms with Crippen LogP contribution in [0.1, 0.15) is 18.4 Å². The third-order valence-electron chi connectivity index (χ3n) is 2.90. The molecule has 4 nitrogen and oxygen atoms in total. The highest BCUT2D eigenvalue weighted by Crippen LogP contribution is 2.25. The minimum atomic E-state index is -2.97. The van der Waals surface area contributed by atoms with E-state index in [1.165, 1.54) is 19.1 Å². The van der Waals surface area contributed by atoms with Gasteiger partial charge in [-0.15, -0.1) is 0 Å². The van der Waals surface area contributed by atoms with Crippen molar-refractivity contribution in [2.24, 2.45) is 0 Å². The van der Waals surface area contributed by atoms with E-state index in [1.807, 2.05) is 18.2 Å². The maximum atomic E-state index is 11.0. The Morgan fingerprint density at radius 1 is 1.42 bits per heavy atom. The summed E-state index contributed by atoms with van der Waals surface area (Å²) in [5.74, 6) is 0.748. The zero-order valence-corrected chi connectivity index (χ0v) is 13.3. The summed E-state index contributed by atoms with van der Waals surface area (Å²) in [5, 5.41) is 3.44. The van der Waals surface area contributed by atoms with Crippen molar-refractivity contribution in [3.8, 4) is 5.75 Å². The normalized spacial score (nSPS) is 15.5. The summed E-state index contributed by atoms with van der Waals surface area (Å²) in [6.45, 7) is 0.991. The molecule has 19 heavy (non-hydrogen) atoms. The highest BCUT2D eigenvalue weighted by atomic mass is 79.9. The van der Waals surface area contributed by atoms with Crippen LogP contribution in [0.2, 0.25) is 0 Å². The Hall–Kier alpha value is -0.590. The number of hydrogen-bond donors (Lipinski definition) is 1. The fraction of sp³-hybridized carbons (Fsp3) is 0.538. The highest BCUT2D eigenvalue weighted by molar-refractivity contribution is 9.10. The lowest BCUT2D eigenvalue weighted by Crippen LogP contribution is -2.16. The Morgan fingerprint density at radius 2 is 2.16 bits per heavy atom. The van der Waals surface area contributed by atoms with Crippen molar-refractivity contribution < 1.29 is 13.2 Å². The number of sulfone groups is 1. The van der Waals surface area contributed by atoms with E-state index >= 15 is 0 Å². The van der Waals surface area contributed by atoms with Gasteiger partial charge in [-0.25, -0.2) is 8.42 Å². The number of nitrogens with one attached hydrogen (secondary N) is 1. The van der Waals surface area contributed by atoms with Gasteiger partial charge in [0.25, 0.3) is 0 Å². The molecule has 1 saturated carbocycles. The topological polar surface area (TPSA) is 55.4 Å². The molecule has 1 N–H and O–H groups in total. The van der Waals surface area contributed by atoms with Gasteiger partial charge in [0, 0.05) is 23.3 Å². The van der Waals surface area contributed by atoms with Crippen LogP contribution in [0, 0.1) is 0 Å². The SMILES string of the molecule is CS(=O)(=O)CCOc1ccc(Br)c(CNC2CC2)c1. The second kappa shape index (κ2) is 6.24. The molecule has 0 aliphatic heterocycles. The standard InChI is InChI=1S/C13H18BrNO3S/c1-19(16,17)7-6-18-12-4-5-13(14)10(8-12)9-15-11-2-3-11/h4-5,8,11,15H,2-3,6-7,9H2,1H3. The van der Waals surface area contributed by atoms with Gasteiger partial charge in [0.15, 0.2) is 9.84 Å². The summed E-state index contributed by atoms with van der Waals surface area (Å²) >= 11 is 3.51. The summed E-state index contributed by atoms with van der Waals surface area (Å²) in [6, 6.07) is 6.37. The van der Waals surface area contributed by atoms with Gasteiger partial charge in [0.2, 0.25) is 0 Å². The van der Waals surface area contributed by atoms with Crippen LogP contribution in [0.3, 0.4) is 0 Å². The fourth-order valence-corrected chi connectivity index (χ4v) is 2.40. The average molecular weight is 348 g/mol. The lowest BCUT2D eigenvalue weighted by molar-refractivity contribution is 0.340. The van der Waals surface area contributed by atoms with Crippen LogP contribution in [0.4, 0.5) is 0 Å². The summed E-state index contributed by atoms with van der Waals surface area (Å²) in [6.07, 6.45) is 3.72. The molecule has 6 heteroatoms. The van der Waals surface area contributed by atoms with Crippen molar-refractivity contribution in [2.75, 3.05) is 18.6 Å². The molecule has 1 aliphatic carbocycles. The predicted molar refractivity (Wildman–Crippen MR) is 79.2 cm³/mol. The van der Waals surface area contributed by atoms with Gasteiger partial charge in [-0.2, -0.15) is 0 Å². The Kier molecular flexibility index (Phi) is 4.86. The van der Waals surface area contributed by atoms with Crippen LogP contribution in [0.15, 0.2) is 22.7 Å². The van der Waals surface area contributed by atoms with E-state index in [1.54, 1.807) is 0 Å². The Morgan fingerprint density at radius 3 is 2.79 bits per heavy atom. The molecule has 106 valence electrons. The van der Waals surface area contributed by atoms with Gasteiger partial charge in [0.05, 0.1) is 5.75 Å². The van der Waals surface area contributed by atoms with Crippen molar-refractivity contribution in [1.29, 1.82) is 0 Å². The van der Waals surface area contributed by atoms with Crippen molar-refractivity contribution in [2.45, 2.75) is 25.4 Å². The second-order valence-electron chi connectivity index (χ2n) is 4.89. The molecule has 0 amide bonds. The molecule has 0 atom stereocenters. The summed E-state index contributed by atoms with van der Waals surface area (Å²) in [5.41, 5.74) is 1.13. The number of rotatable bonds is 7. The van der Waals surface area contributed by atoms with E-state index < -0.39 is 9.84 Å². The first-order valence-corrected chi connectivity index (χ1v) is 9.12. The predicted octanol–water partition coefficient (Wildman–Crippen LogP) is 2.12. The average Bonchev–Trinajstić information content (AvgIpc) is 3.12. The molecule has 1 aliphatic rings. The van der Waals surface area contributed by atoms with Crippen LogP contribution in [0.25, 0.3) is 0 Å². The smallest absolute Gasteiger partial charge is 0.150 e. The number of benzene rings is 1. The Bertz CT molecular complexity index is 541. The zero-order valence-electron chi connectivity index (χ0n) is 10.9. The molecule has 0 heterocycles. The fourth-order valence-electron chi connectivity index (χ4n) is 1.63. The largest absolute Gasteiger partial charge is 0.493 e. The number of halogens is 1. The molecule has 0 aromatic heterocycles. The molecule has 2 rings (SSSR count). The van der Waals surface area contributed by atoms with Gasteiger partial charge < -0.3 is 10.1 Å². The lowest BCUT2D eigenvalue weighted by atomic mass is 10.2. The zero-order chi connectivity index (χ0) is 13.9. The van der Waals surface area contributed by atoms with Gasteiger partial charge in [0.1, 0.15) is 12.4 Å². The van der Waals surface area contributed by atoms with E-state index in [0.717, 1.165) is 16.6 Å². The van der Waals surface area contributed by atoms with Crippen molar-refractivity contribution in [3.05, 3.63) is 28.2 Å². The molecular formula is C13H18BrNO3S. The van der Waals surface area contributed by atoms with E-state index in [0.29, 0.717) is 11.8 Å². The van der Waals surface area contributed by atoms with Crippen molar-refractivity contribution in [1.82, 2.24) is 5.32 Å². The summed E-state index contributed by atoms with van der Waals surface area (Å²) in [4.78, 5) is 0. The van der Waals surface area contributed by atoms with Crippen LogP contribution >= 0.6 is 15.9 Å². The third-order valence-corrected chi connectivity index (χ3v) is 4.58. The summed E-state index contributed by atoms with van der Waals surface area (Å²) < 4.78 is 28.6. The van der Waals surface area contributed by atoms with Gasteiger partial charge >= 0.3 is 0 Å². The molecule has 1 aromatic rings. The van der Waals surface area contributed by atoms with E-state index in [2.05, 4.69) is 21.2 Å².